The predicted octanol–water partition coefficient (Wildman–Crippen LogP) is 3.89. The van der Waals surface area contributed by atoms with Crippen LogP contribution in [0.15, 0.2) is 72.9 Å². The smallest absolute Gasteiger partial charge is 0.269 e. The lowest BCUT2D eigenvalue weighted by Gasteiger charge is -2.08. The predicted molar refractivity (Wildman–Crippen MR) is 115 cm³/mol. The molecule has 0 atom stereocenters. The molecule has 7 nitrogen and oxygen atoms in total. The second-order valence-corrected chi connectivity index (χ2v) is 6.18. The van der Waals surface area contributed by atoms with Gasteiger partial charge in [-0.15, -0.1) is 0 Å². The van der Waals surface area contributed by atoms with Gasteiger partial charge in [-0.05, 0) is 54.1 Å². The summed E-state index contributed by atoms with van der Waals surface area (Å²) in [6.45, 7) is 0. The Morgan fingerprint density at radius 3 is 2.30 bits per heavy atom. The third-order valence-electron chi connectivity index (χ3n) is 4.09. The molecule has 152 valence electrons. The lowest BCUT2D eigenvalue weighted by atomic mass is 10.2. The van der Waals surface area contributed by atoms with E-state index in [9.17, 15) is 9.59 Å². The van der Waals surface area contributed by atoms with E-state index < -0.39 is 0 Å². The van der Waals surface area contributed by atoms with Crippen molar-refractivity contribution < 1.29 is 19.1 Å². The van der Waals surface area contributed by atoms with Gasteiger partial charge in [0.2, 0.25) is 5.91 Å². The largest absolute Gasteiger partial charge is 0.497 e. The highest BCUT2D eigenvalue weighted by Gasteiger charge is 2.07. The zero-order valence-electron chi connectivity index (χ0n) is 16.6. The van der Waals surface area contributed by atoms with Gasteiger partial charge in [0.25, 0.3) is 5.91 Å². The number of pyridine rings is 1. The number of nitrogens with zero attached hydrogens (tertiary/aromatic N) is 1. The van der Waals surface area contributed by atoms with Crippen molar-refractivity contribution in [3.05, 3.63) is 84.2 Å². The number of aromatic nitrogens is 1. The average molecular weight is 403 g/mol. The lowest BCUT2D eigenvalue weighted by Crippen LogP contribution is -2.18. The van der Waals surface area contributed by atoms with Gasteiger partial charge in [-0.25, -0.2) is 0 Å². The quantitative estimate of drug-likeness (QED) is 0.584. The van der Waals surface area contributed by atoms with Crippen LogP contribution in [-0.4, -0.2) is 31.0 Å². The van der Waals surface area contributed by atoms with Crippen LogP contribution in [0.5, 0.6) is 17.2 Å². The molecule has 2 N–H and O–H groups in total. The average Bonchev–Trinajstić information content (AvgIpc) is 2.79. The fraction of sp³-hybridized carbons (Fsp3) is 0.0870. The van der Waals surface area contributed by atoms with E-state index in [1.54, 1.807) is 49.6 Å². The third-order valence-corrected chi connectivity index (χ3v) is 4.09. The SMILES string of the molecule is CNC(=O)c1cc(Oc2ccc(NC(=O)/C=C/c3ccc(OC)cc3)cc2)ccn1. The number of methoxy groups -OCH3 is 1. The Labute approximate surface area is 174 Å². The number of nitrogens with one attached hydrogen (secondary N) is 2. The summed E-state index contributed by atoms with van der Waals surface area (Å²) in [5.41, 5.74) is 1.79. The summed E-state index contributed by atoms with van der Waals surface area (Å²) < 4.78 is 10.8. The molecule has 30 heavy (non-hydrogen) atoms. The first-order valence-corrected chi connectivity index (χ1v) is 9.16. The molecule has 3 rings (SSSR count). The number of hydrogen-bond acceptors (Lipinski definition) is 5. The molecule has 0 unspecified atom stereocenters. The van der Waals surface area contributed by atoms with Crippen molar-refractivity contribution >= 4 is 23.6 Å². The van der Waals surface area contributed by atoms with Crippen LogP contribution in [0.2, 0.25) is 0 Å². The number of rotatable bonds is 7. The first-order chi connectivity index (χ1) is 14.6. The van der Waals surface area contributed by atoms with E-state index in [-0.39, 0.29) is 17.5 Å². The van der Waals surface area contributed by atoms with Gasteiger partial charge in [-0.3, -0.25) is 14.6 Å². The maximum atomic E-state index is 12.1. The number of amides is 2. The van der Waals surface area contributed by atoms with Crippen LogP contribution < -0.4 is 20.1 Å². The van der Waals surface area contributed by atoms with Crippen LogP contribution in [0.1, 0.15) is 16.1 Å². The van der Waals surface area contributed by atoms with E-state index in [2.05, 4.69) is 15.6 Å². The van der Waals surface area contributed by atoms with E-state index in [0.29, 0.717) is 17.2 Å². The number of benzene rings is 2. The van der Waals surface area contributed by atoms with Crippen molar-refractivity contribution in [1.29, 1.82) is 0 Å². The summed E-state index contributed by atoms with van der Waals surface area (Å²) >= 11 is 0. The highest BCUT2D eigenvalue weighted by Crippen LogP contribution is 2.23. The molecule has 0 aliphatic carbocycles. The highest BCUT2D eigenvalue weighted by atomic mass is 16.5. The van der Waals surface area contributed by atoms with Crippen LogP contribution in [0.25, 0.3) is 6.08 Å². The van der Waals surface area contributed by atoms with Gasteiger partial charge in [0.15, 0.2) is 0 Å². The standard InChI is InChI=1S/C23H21N3O4/c1-24-23(28)21-15-20(13-14-25-21)30-19-10-6-17(7-11-19)26-22(27)12-5-16-3-8-18(29-2)9-4-16/h3-15H,1-2H3,(H,24,28)(H,26,27)/b12-5+. The number of carbonyl (C=O) groups excluding carboxylic acids is 2. The van der Waals surface area contributed by atoms with Crippen LogP contribution >= 0.6 is 0 Å². The van der Waals surface area contributed by atoms with Crippen molar-refractivity contribution in [1.82, 2.24) is 10.3 Å². The summed E-state index contributed by atoms with van der Waals surface area (Å²) in [6, 6.07) is 17.5. The monoisotopic (exact) mass is 403 g/mol. The topological polar surface area (TPSA) is 89.6 Å². The van der Waals surface area contributed by atoms with E-state index in [4.69, 9.17) is 9.47 Å². The zero-order chi connectivity index (χ0) is 21.3. The fourth-order valence-corrected chi connectivity index (χ4v) is 2.54. The van der Waals surface area contributed by atoms with Crippen molar-refractivity contribution in [3.8, 4) is 17.2 Å². The minimum absolute atomic E-state index is 0.246. The maximum absolute atomic E-state index is 12.1. The van der Waals surface area contributed by atoms with Crippen LogP contribution in [0.4, 0.5) is 5.69 Å². The Balaban J connectivity index is 1.58. The van der Waals surface area contributed by atoms with Crippen LogP contribution in [0, 0.1) is 0 Å². The minimum Gasteiger partial charge on any atom is -0.497 e. The number of anilines is 1. The molecule has 0 saturated carbocycles. The van der Waals surface area contributed by atoms with Crippen molar-refractivity contribution in [2.45, 2.75) is 0 Å². The second-order valence-electron chi connectivity index (χ2n) is 6.18. The first-order valence-electron chi connectivity index (χ1n) is 9.16. The van der Waals surface area contributed by atoms with Gasteiger partial charge in [0.1, 0.15) is 22.9 Å². The van der Waals surface area contributed by atoms with Gasteiger partial charge in [0, 0.05) is 31.1 Å². The Kier molecular flexibility index (Phi) is 6.78. The lowest BCUT2D eigenvalue weighted by molar-refractivity contribution is -0.111. The van der Waals surface area contributed by atoms with E-state index in [1.165, 1.54) is 19.3 Å². The molecule has 0 spiro atoms. The van der Waals surface area contributed by atoms with Gasteiger partial charge in [-0.1, -0.05) is 12.1 Å². The second kappa shape index (κ2) is 9.88. The Bertz CT molecular complexity index is 1040. The molecule has 2 amide bonds. The summed E-state index contributed by atoms with van der Waals surface area (Å²) in [5, 5.41) is 5.30. The van der Waals surface area contributed by atoms with Gasteiger partial charge in [-0.2, -0.15) is 0 Å². The molecule has 1 aromatic heterocycles. The molecule has 0 aliphatic rings. The summed E-state index contributed by atoms with van der Waals surface area (Å²) in [4.78, 5) is 27.8. The maximum Gasteiger partial charge on any atom is 0.269 e. The normalized spacial score (nSPS) is 10.5. The molecule has 0 saturated heterocycles. The van der Waals surface area contributed by atoms with Gasteiger partial charge >= 0.3 is 0 Å². The van der Waals surface area contributed by atoms with E-state index in [0.717, 1.165) is 11.3 Å². The highest BCUT2D eigenvalue weighted by molar-refractivity contribution is 6.01. The molecule has 3 aromatic rings. The molecule has 7 heteroatoms. The molecule has 0 aliphatic heterocycles. The van der Waals surface area contributed by atoms with Gasteiger partial charge < -0.3 is 20.1 Å². The fourth-order valence-electron chi connectivity index (χ4n) is 2.54. The molecule has 0 fully saturated rings. The molecular weight excluding hydrogens is 382 g/mol. The minimum atomic E-state index is -0.291. The summed E-state index contributed by atoms with van der Waals surface area (Å²) in [5.74, 6) is 1.28. The van der Waals surface area contributed by atoms with E-state index >= 15 is 0 Å². The van der Waals surface area contributed by atoms with Crippen molar-refractivity contribution in [2.75, 3.05) is 19.5 Å². The molecular formula is C23H21N3O4. The molecule has 0 bridgehead atoms. The summed E-state index contributed by atoms with van der Waals surface area (Å²) in [7, 11) is 3.14. The Morgan fingerprint density at radius 1 is 0.933 bits per heavy atom. The van der Waals surface area contributed by atoms with E-state index in [1.807, 2.05) is 24.3 Å². The van der Waals surface area contributed by atoms with Crippen molar-refractivity contribution in [2.24, 2.45) is 0 Å². The van der Waals surface area contributed by atoms with Crippen LogP contribution in [-0.2, 0) is 4.79 Å². The Hall–Kier alpha value is -4.13. The van der Waals surface area contributed by atoms with Crippen molar-refractivity contribution in [3.63, 3.8) is 0 Å². The van der Waals surface area contributed by atoms with Crippen LogP contribution in [0.3, 0.4) is 0 Å². The molecule has 0 radical (unpaired) electrons. The number of ether oxygens (including phenoxy) is 2. The zero-order valence-corrected chi connectivity index (χ0v) is 16.6. The third kappa shape index (κ3) is 5.68. The Morgan fingerprint density at radius 2 is 1.63 bits per heavy atom. The number of carbonyl (C=O) groups is 2. The first kappa shape index (κ1) is 20.6. The molecule has 1 heterocycles. The van der Waals surface area contributed by atoms with Gasteiger partial charge in [0.05, 0.1) is 7.11 Å². The summed E-state index contributed by atoms with van der Waals surface area (Å²) in [6.07, 6.45) is 4.69. The molecule has 2 aromatic carbocycles. The number of hydrogen-bond donors (Lipinski definition) is 2.